The second-order valence-electron chi connectivity index (χ2n) is 6.51. The Labute approximate surface area is 166 Å². The van der Waals surface area contributed by atoms with Crippen LogP contribution in [0.5, 0.6) is 5.75 Å². The van der Waals surface area contributed by atoms with E-state index in [1.165, 1.54) is 6.07 Å². The Balaban J connectivity index is 1.53. The summed E-state index contributed by atoms with van der Waals surface area (Å²) in [4.78, 5) is 17.1. The average Bonchev–Trinajstić information content (AvgIpc) is 3.52. The standard InChI is InChI=1S/C20H18ClFN4O2/c1-27-5-6-28-18-9-17(22)16(21)8-15(18)14-7-13(14)12-10-25-20(26-11-12)19-23-3-2-4-24-19/h2-4,8-11,13-14H,5-7H2,1H3/t13-,14+/m0/s1. The minimum absolute atomic E-state index is 0.0903. The van der Waals surface area contributed by atoms with Crippen LogP contribution in [0.25, 0.3) is 11.6 Å². The first-order valence-electron chi connectivity index (χ1n) is 8.87. The molecule has 144 valence electrons. The van der Waals surface area contributed by atoms with Gasteiger partial charge < -0.3 is 9.47 Å². The third-order valence-electron chi connectivity index (χ3n) is 4.65. The molecule has 0 spiro atoms. The van der Waals surface area contributed by atoms with E-state index in [0.717, 1.165) is 17.5 Å². The van der Waals surface area contributed by atoms with E-state index in [9.17, 15) is 4.39 Å². The molecular weight excluding hydrogens is 383 g/mol. The molecule has 1 aliphatic rings. The van der Waals surface area contributed by atoms with Crippen molar-refractivity contribution >= 4 is 11.6 Å². The van der Waals surface area contributed by atoms with Crippen molar-refractivity contribution in [1.82, 2.24) is 19.9 Å². The minimum atomic E-state index is -0.495. The van der Waals surface area contributed by atoms with E-state index in [4.69, 9.17) is 21.1 Å². The van der Waals surface area contributed by atoms with Crippen LogP contribution < -0.4 is 4.74 Å². The van der Waals surface area contributed by atoms with Crippen LogP contribution in [0, 0.1) is 5.82 Å². The maximum Gasteiger partial charge on any atom is 0.197 e. The minimum Gasteiger partial charge on any atom is -0.491 e. The number of methoxy groups -OCH3 is 1. The van der Waals surface area contributed by atoms with Crippen molar-refractivity contribution in [1.29, 1.82) is 0 Å². The highest BCUT2D eigenvalue weighted by molar-refractivity contribution is 6.30. The fourth-order valence-corrected chi connectivity index (χ4v) is 3.33. The van der Waals surface area contributed by atoms with Gasteiger partial charge in [0.2, 0.25) is 0 Å². The van der Waals surface area contributed by atoms with Crippen molar-refractivity contribution in [3.63, 3.8) is 0 Å². The van der Waals surface area contributed by atoms with Gasteiger partial charge >= 0.3 is 0 Å². The Bertz CT molecular complexity index is 956. The summed E-state index contributed by atoms with van der Waals surface area (Å²) in [6.07, 6.45) is 7.78. The van der Waals surface area contributed by atoms with Crippen molar-refractivity contribution in [3.05, 3.63) is 65.0 Å². The zero-order valence-corrected chi connectivity index (χ0v) is 15.9. The smallest absolute Gasteiger partial charge is 0.197 e. The third kappa shape index (κ3) is 3.95. The molecule has 0 amide bonds. The summed E-state index contributed by atoms with van der Waals surface area (Å²) in [5.41, 5.74) is 1.90. The van der Waals surface area contributed by atoms with Crippen LogP contribution in [0.3, 0.4) is 0 Å². The summed E-state index contributed by atoms with van der Waals surface area (Å²) in [7, 11) is 1.59. The first-order valence-corrected chi connectivity index (χ1v) is 9.25. The molecule has 0 radical (unpaired) electrons. The van der Waals surface area contributed by atoms with E-state index in [0.29, 0.717) is 30.6 Å². The SMILES string of the molecule is COCCOc1cc(F)c(Cl)cc1[C@@H]1C[C@H]1c1cnc(-c2ncccn2)nc1. The summed E-state index contributed by atoms with van der Waals surface area (Å²) >= 11 is 6.01. The Morgan fingerprint density at radius 3 is 2.46 bits per heavy atom. The van der Waals surface area contributed by atoms with Crippen LogP contribution in [0.2, 0.25) is 5.02 Å². The molecule has 8 heteroatoms. The van der Waals surface area contributed by atoms with E-state index in [-0.39, 0.29) is 16.9 Å². The Morgan fingerprint density at radius 2 is 1.75 bits per heavy atom. The summed E-state index contributed by atoms with van der Waals surface area (Å²) in [6.45, 7) is 0.769. The van der Waals surface area contributed by atoms with E-state index >= 15 is 0 Å². The topological polar surface area (TPSA) is 70.0 Å². The highest BCUT2D eigenvalue weighted by Gasteiger charge is 2.42. The molecule has 6 nitrogen and oxygen atoms in total. The van der Waals surface area contributed by atoms with E-state index < -0.39 is 5.82 Å². The Morgan fingerprint density at radius 1 is 1.04 bits per heavy atom. The zero-order valence-electron chi connectivity index (χ0n) is 15.2. The van der Waals surface area contributed by atoms with Crippen molar-refractivity contribution in [2.75, 3.05) is 20.3 Å². The molecule has 2 aromatic heterocycles. The van der Waals surface area contributed by atoms with Crippen LogP contribution in [0.15, 0.2) is 43.0 Å². The molecule has 2 atom stereocenters. The van der Waals surface area contributed by atoms with Gasteiger partial charge in [0.05, 0.1) is 11.6 Å². The first-order chi connectivity index (χ1) is 13.7. The van der Waals surface area contributed by atoms with Gasteiger partial charge in [-0.05, 0) is 41.5 Å². The lowest BCUT2D eigenvalue weighted by molar-refractivity contribution is 0.145. The molecule has 1 saturated carbocycles. The molecule has 4 rings (SSSR count). The van der Waals surface area contributed by atoms with E-state index in [1.54, 1.807) is 44.0 Å². The number of hydrogen-bond acceptors (Lipinski definition) is 6. The number of rotatable bonds is 7. The van der Waals surface area contributed by atoms with Crippen LogP contribution in [0.4, 0.5) is 4.39 Å². The molecule has 2 heterocycles. The molecule has 0 unspecified atom stereocenters. The van der Waals surface area contributed by atoms with Gasteiger partial charge in [-0.15, -0.1) is 0 Å². The molecule has 1 aromatic carbocycles. The number of halogens is 2. The highest BCUT2D eigenvalue weighted by Crippen LogP contribution is 2.57. The number of nitrogens with zero attached hydrogens (tertiary/aromatic N) is 4. The second-order valence-corrected chi connectivity index (χ2v) is 6.91. The van der Waals surface area contributed by atoms with Crippen molar-refractivity contribution in [2.24, 2.45) is 0 Å². The Kier molecular flexibility index (Phi) is 5.45. The molecule has 1 fully saturated rings. The number of benzene rings is 1. The van der Waals surface area contributed by atoms with Crippen LogP contribution in [-0.4, -0.2) is 40.3 Å². The fraction of sp³-hybridized carbons (Fsp3) is 0.300. The van der Waals surface area contributed by atoms with Gasteiger partial charge in [-0.2, -0.15) is 0 Å². The van der Waals surface area contributed by atoms with E-state index in [1.807, 2.05) is 0 Å². The highest BCUT2D eigenvalue weighted by atomic mass is 35.5. The van der Waals surface area contributed by atoms with Gasteiger partial charge in [0.1, 0.15) is 18.2 Å². The van der Waals surface area contributed by atoms with Gasteiger partial charge in [0.25, 0.3) is 0 Å². The van der Waals surface area contributed by atoms with Gasteiger partial charge in [-0.1, -0.05) is 11.6 Å². The second kappa shape index (κ2) is 8.16. The van der Waals surface area contributed by atoms with Crippen molar-refractivity contribution < 1.29 is 13.9 Å². The van der Waals surface area contributed by atoms with Gasteiger partial charge in [-0.3, -0.25) is 0 Å². The molecule has 3 aromatic rings. The number of hydrogen-bond donors (Lipinski definition) is 0. The quantitative estimate of drug-likeness (QED) is 0.558. The average molecular weight is 401 g/mol. The monoisotopic (exact) mass is 400 g/mol. The molecular formula is C20H18ClFN4O2. The third-order valence-corrected chi connectivity index (χ3v) is 4.94. The number of aromatic nitrogens is 4. The maximum absolute atomic E-state index is 13.9. The molecule has 0 bridgehead atoms. The van der Waals surface area contributed by atoms with Crippen LogP contribution in [0.1, 0.15) is 29.4 Å². The molecule has 0 N–H and O–H groups in total. The van der Waals surface area contributed by atoms with Gasteiger partial charge in [0, 0.05) is 38.0 Å². The molecule has 1 aliphatic carbocycles. The maximum atomic E-state index is 13.9. The predicted octanol–water partition coefficient (Wildman–Crippen LogP) is 4.02. The lowest BCUT2D eigenvalue weighted by atomic mass is 10.1. The lowest BCUT2D eigenvalue weighted by Gasteiger charge is -2.12. The molecule has 0 saturated heterocycles. The van der Waals surface area contributed by atoms with E-state index in [2.05, 4.69) is 19.9 Å². The Hall–Kier alpha value is -2.64. The zero-order chi connectivity index (χ0) is 19.5. The normalized spacial score (nSPS) is 18.1. The van der Waals surface area contributed by atoms with Crippen LogP contribution >= 0.6 is 11.6 Å². The van der Waals surface area contributed by atoms with Gasteiger partial charge in [0.15, 0.2) is 11.6 Å². The van der Waals surface area contributed by atoms with Gasteiger partial charge in [-0.25, -0.2) is 24.3 Å². The predicted molar refractivity (Wildman–Crippen MR) is 102 cm³/mol. The summed E-state index contributed by atoms with van der Waals surface area (Å²) in [6, 6.07) is 4.73. The summed E-state index contributed by atoms with van der Waals surface area (Å²) < 4.78 is 24.6. The van der Waals surface area contributed by atoms with Crippen LogP contribution in [-0.2, 0) is 4.74 Å². The first kappa shape index (κ1) is 18.7. The summed E-state index contributed by atoms with van der Waals surface area (Å²) in [5.74, 6) is 1.39. The lowest BCUT2D eigenvalue weighted by Crippen LogP contribution is -2.06. The largest absolute Gasteiger partial charge is 0.491 e. The molecule has 28 heavy (non-hydrogen) atoms. The van der Waals surface area contributed by atoms with Crippen molar-refractivity contribution in [2.45, 2.75) is 18.3 Å². The van der Waals surface area contributed by atoms with Crippen molar-refractivity contribution in [3.8, 4) is 17.4 Å². The molecule has 0 aliphatic heterocycles. The summed E-state index contributed by atoms with van der Waals surface area (Å²) in [5, 5.41) is 0.0903. The number of ether oxygens (including phenoxy) is 2. The fourth-order valence-electron chi connectivity index (χ4n) is 3.16.